The number of anilines is 1. The molecule has 1 N–H and O–H groups in total. The Morgan fingerprint density at radius 2 is 2.14 bits per heavy atom. The molecule has 0 bridgehead atoms. The summed E-state index contributed by atoms with van der Waals surface area (Å²) in [6.07, 6.45) is 8.40. The van der Waals surface area contributed by atoms with Crippen molar-refractivity contribution in [2.45, 2.75) is 45.4 Å². The second-order valence-electron chi connectivity index (χ2n) is 6.01. The van der Waals surface area contributed by atoms with Crippen LogP contribution in [0.5, 0.6) is 0 Å². The highest BCUT2D eigenvalue weighted by molar-refractivity contribution is 5.91. The van der Waals surface area contributed by atoms with Crippen LogP contribution in [0.1, 0.15) is 44.1 Å². The smallest absolute Gasteiger partial charge is 0.224 e. The molecule has 1 aromatic carbocycles. The minimum absolute atomic E-state index is 0.112. The molecule has 6 nitrogen and oxygen atoms in total. The van der Waals surface area contributed by atoms with Gasteiger partial charge in [0.15, 0.2) is 0 Å². The van der Waals surface area contributed by atoms with Gasteiger partial charge in [-0.05, 0) is 59.9 Å². The second kappa shape index (κ2) is 6.68. The molecule has 0 radical (unpaired) electrons. The van der Waals surface area contributed by atoms with E-state index in [1.165, 1.54) is 32.1 Å². The average molecular weight is 299 g/mol. The Kier molecular flexibility index (Phi) is 4.46. The number of carbonyl (C=O) groups is 1. The van der Waals surface area contributed by atoms with Gasteiger partial charge < -0.3 is 5.32 Å². The second-order valence-corrected chi connectivity index (χ2v) is 6.01. The molecule has 1 heterocycles. The number of amides is 1. The Morgan fingerprint density at radius 1 is 1.32 bits per heavy atom. The number of benzene rings is 1. The van der Waals surface area contributed by atoms with Crippen molar-refractivity contribution in [3.05, 3.63) is 30.1 Å². The number of tetrazole rings is 1. The lowest BCUT2D eigenvalue weighted by Gasteiger charge is -2.20. The van der Waals surface area contributed by atoms with Crippen LogP contribution in [0, 0.1) is 12.8 Å². The van der Waals surface area contributed by atoms with Crippen molar-refractivity contribution in [1.29, 1.82) is 0 Å². The van der Waals surface area contributed by atoms with Gasteiger partial charge in [0, 0.05) is 12.1 Å². The van der Waals surface area contributed by atoms with E-state index in [9.17, 15) is 4.79 Å². The summed E-state index contributed by atoms with van der Waals surface area (Å²) in [6, 6.07) is 5.76. The zero-order valence-electron chi connectivity index (χ0n) is 12.8. The first-order valence-corrected chi connectivity index (χ1v) is 7.86. The van der Waals surface area contributed by atoms with Crippen molar-refractivity contribution >= 4 is 11.6 Å². The highest BCUT2D eigenvalue weighted by Gasteiger charge is 2.17. The van der Waals surface area contributed by atoms with Crippen LogP contribution >= 0.6 is 0 Å². The van der Waals surface area contributed by atoms with Crippen LogP contribution in [0.2, 0.25) is 0 Å². The Hall–Kier alpha value is -2.24. The van der Waals surface area contributed by atoms with Crippen LogP contribution in [0.4, 0.5) is 5.69 Å². The molecule has 1 aliphatic rings. The number of aromatic nitrogens is 4. The molecular formula is C16H21N5O. The van der Waals surface area contributed by atoms with E-state index in [4.69, 9.17) is 0 Å². The normalized spacial score (nSPS) is 15.7. The molecule has 22 heavy (non-hydrogen) atoms. The summed E-state index contributed by atoms with van der Waals surface area (Å²) < 4.78 is 1.61. The van der Waals surface area contributed by atoms with E-state index in [0.29, 0.717) is 12.3 Å². The molecule has 116 valence electrons. The van der Waals surface area contributed by atoms with E-state index in [-0.39, 0.29) is 5.91 Å². The molecule has 0 saturated heterocycles. The molecule has 2 aromatic rings. The van der Waals surface area contributed by atoms with Crippen LogP contribution in [-0.2, 0) is 4.79 Å². The molecular weight excluding hydrogens is 278 g/mol. The Balaban J connectivity index is 1.63. The third-order valence-corrected chi connectivity index (χ3v) is 4.28. The maximum atomic E-state index is 12.2. The Bertz CT molecular complexity index is 632. The highest BCUT2D eigenvalue weighted by atomic mass is 16.1. The average Bonchev–Trinajstić information content (AvgIpc) is 3.02. The zero-order valence-corrected chi connectivity index (χ0v) is 12.8. The zero-order chi connectivity index (χ0) is 15.4. The van der Waals surface area contributed by atoms with Crippen molar-refractivity contribution in [3.8, 4) is 5.69 Å². The van der Waals surface area contributed by atoms with E-state index in [1.807, 2.05) is 25.1 Å². The molecule has 6 heteroatoms. The van der Waals surface area contributed by atoms with Gasteiger partial charge in [-0.1, -0.05) is 19.3 Å². The molecule has 3 rings (SSSR count). The Labute approximate surface area is 129 Å². The SMILES string of the molecule is Cc1cc(NC(=O)CC2CCCCC2)ccc1-n1cnnn1. The van der Waals surface area contributed by atoms with Gasteiger partial charge in [-0.3, -0.25) is 4.79 Å². The Morgan fingerprint density at radius 3 is 2.82 bits per heavy atom. The number of hydrogen-bond donors (Lipinski definition) is 1. The van der Waals surface area contributed by atoms with E-state index >= 15 is 0 Å². The number of nitrogens with zero attached hydrogens (tertiary/aromatic N) is 4. The first-order valence-electron chi connectivity index (χ1n) is 7.86. The molecule has 0 aliphatic heterocycles. The number of hydrogen-bond acceptors (Lipinski definition) is 4. The fraction of sp³-hybridized carbons (Fsp3) is 0.500. The third-order valence-electron chi connectivity index (χ3n) is 4.28. The topological polar surface area (TPSA) is 72.7 Å². The van der Waals surface area contributed by atoms with Crippen LogP contribution in [0.15, 0.2) is 24.5 Å². The maximum Gasteiger partial charge on any atom is 0.224 e. The van der Waals surface area contributed by atoms with Crippen LogP contribution in [0.3, 0.4) is 0 Å². The molecule has 1 aliphatic carbocycles. The summed E-state index contributed by atoms with van der Waals surface area (Å²) in [6.45, 7) is 1.98. The van der Waals surface area contributed by atoms with Gasteiger partial charge in [-0.2, -0.15) is 0 Å². The van der Waals surface area contributed by atoms with Gasteiger partial charge in [0.2, 0.25) is 5.91 Å². The van der Waals surface area contributed by atoms with Crippen LogP contribution < -0.4 is 5.32 Å². The number of aryl methyl sites for hydroxylation is 1. The van der Waals surface area contributed by atoms with Gasteiger partial charge in [-0.15, -0.1) is 5.10 Å². The quantitative estimate of drug-likeness (QED) is 0.942. The number of carbonyl (C=O) groups excluding carboxylic acids is 1. The van der Waals surface area contributed by atoms with Crippen molar-refractivity contribution < 1.29 is 4.79 Å². The molecule has 0 unspecified atom stereocenters. The van der Waals surface area contributed by atoms with Gasteiger partial charge in [-0.25, -0.2) is 4.68 Å². The standard InChI is InChI=1S/C16H21N5O/c1-12-9-14(7-8-15(12)21-11-17-19-20-21)18-16(22)10-13-5-3-2-4-6-13/h7-9,11,13H,2-6,10H2,1H3,(H,18,22). The van der Waals surface area contributed by atoms with E-state index in [0.717, 1.165) is 16.9 Å². The van der Waals surface area contributed by atoms with Gasteiger partial charge >= 0.3 is 0 Å². The van der Waals surface area contributed by atoms with E-state index in [2.05, 4.69) is 20.8 Å². The molecule has 1 aromatic heterocycles. The predicted octanol–water partition coefficient (Wildman–Crippen LogP) is 2.88. The van der Waals surface area contributed by atoms with E-state index < -0.39 is 0 Å². The maximum absolute atomic E-state index is 12.2. The van der Waals surface area contributed by atoms with Gasteiger partial charge in [0.05, 0.1) is 5.69 Å². The summed E-state index contributed by atoms with van der Waals surface area (Å²) in [5.74, 6) is 0.664. The number of nitrogens with one attached hydrogen (secondary N) is 1. The van der Waals surface area contributed by atoms with Crippen LogP contribution in [-0.4, -0.2) is 26.1 Å². The summed E-state index contributed by atoms with van der Waals surface area (Å²) in [5, 5.41) is 14.2. The van der Waals surface area contributed by atoms with Gasteiger partial charge in [0.25, 0.3) is 0 Å². The van der Waals surface area contributed by atoms with Crippen molar-refractivity contribution in [2.75, 3.05) is 5.32 Å². The van der Waals surface area contributed by atoms with Crippen LogP contribution in [0.25, 0.3) is 5.69 Å². The summed E-state index contributed by atoms with van der Waals surface area (Å²) in [5.41, 5.74) is 2.76. The minimum Gasteiger partial charge on any atom is -0.326 e. The third kappa shape index (κ3) is 3.50. The van der Waals surface area contributed by atoms with E-state index in [1.54, 1.807) is 11.0 Å². The largest absolute Gasteiger partial charge is 0.326 e. The lowest BCUT2D eigenvalue weighted by molar-refractivity contribution is -0.117. The van der Waals surface area contributed by atoms with Crippen molar-refractivity contribution in [2.24, 2.45) is 5.92 Å². The molecule has 0 spiro atoms. The minimum atomic E-state index is 0.112. The van der Waals surface area contributed by atoms with Crippen molar-refractivity contribution in [3.63, 3.8) is 0 Å². The molecule has 1 fully saturated rings. The monoisotopic (exact) mass is 299 g/mol. The summed E-state index contributed by atoms with van der Waals surface area (Å²) in [7, 11) is 0. The summed E-state index contributed by atoms with van der Waals surface area (Å²) >= 11 is 0. The summed E-state index contributed by atoms with van der Waals surface area (Å²) in [4.78, 5) is 12.2. The molecule has 1 saturated carbocycles. The first kappa shape index (κ1) is 14.7. The fourth-order valence-corrected chi connectivity index (χ4v) is 3.13. The van der Waals surface area contributed by atoms with Gasteiger partial charge in [0.1, 0.15) is 6.33 Å². The highest BCUT2D eigenvalue weighted by Crippen LogP contribution is 2.27. The molecule has 1 amide bonds. The molecule has 0 atom stereocenters. The first-order chi connectivity index (χ1) is 10.7. The number of rotatable bonds is 4. The lowest BCUT2D eigenvalue weighted by atomic mass is 9.87. The lowest BCUT2D eigenvalue weighted by Crippen LogP contribution is -2.18. The van der Waals surface area contributed by atoms with Crippen molar-refractivity contribution in [1.82, 2.24) is 20.2 Å². The predicted molar refractivity (Wildman–Crippen MR) is 83.7 cm³/mol. The fourth-order valence-electron chi connectivity index (χ4n) is 3.13.